The Morgan fingerprint density at radius 1 is 0.857 bits per heavy atom. The van der Waals surface area contributed by atoms with Gasteiger partial charge in [-0.3, -0.25) is 14.4 Å². The van der Waals surface area contributed by atoms with Crippen LogP contribution in [-0.2, 0) is 35.6 Å². The highest BCUT2D eigenvalue weighted by atomic mass is 35.5. The highest BCUT2D eigenvalue weighted by Gasteiger charge is 2.41. The summed E-state index contributed by atoms with van der Waals surface area (Å²) in [5.74, 6) is -4.11. The summed E-state index contributed by atoms with van der Waals surface area (Å²) in [6.07, 6.45) is 0.241. The fraction of sp³-hybridized carbons (Fsp3) is 0.195. The van der Waals surface area contributed by atoms with E-state index in [0.717, 1.165) is 9.47 Å². The van der Waals surface area contributed by atoms with Crippen molar-refractivity contribution >= 4 is 85.4 Å². The second-order valence-electron chi connectivity index (χ2n) is 15.0. The van der Waals surface area contributed by atoms with Gasteiger partial charge in [0.05, 0.1) is 21.8 Å². The van der Waals surface area contributed by atoms with Crippen molar-refractivity contribution in [3.05, 3.63) is 120 Å². The number of benzene rings is 4. The summed E-state index contributed by atoms with van der Waals surface area (Å²) in [5.41, 5.74) is 0.336. The van der Waals surface area contributed by atoms with Gasteiger partial charge in [-0.15, -0.1) is 5.10 Å². The van der Waals surface area contributed by atoms with Gasteiger partial charge in [-0.2, -0.15) is 4.68 Å². The molecule has 1 aliphatic rings. The Balaban J connectivity index is 1.16. The predicted molar refractivity (Wildman–Crippen MR) is 227 cm³/mol. The van der Waals surface area contributed by atoms with Gasteiger partial charge in [0.1, 0.15) is 23.7 Å². The maximum absolute atomic E-state index is 14.3. The number of aromatic carboxylic acids is 1. The molecule has 4 N–H and O–H groups in total. The van der Waals surface area contributed by atoms with E-state index >= 15 is 0 Å². The Hall–Kier alpha value is -7.65. The lowest BCUT2D eigenvalue weighted by molar-refractivity contribution is -0.149. The first-order valence-corrected chi connectivity index (χ1v) is 20.8. The average Bonchev–Trinajstić information content (AvgIpc) is 3.90. The van der Waals surface area contributed by atoms with Crippen LogP contribution in [0, 0.1) is 0 Å². The third-order valence-corrected chi connectivity index (χ3v) is 11.1. The number of carbonyl (C=O) groups is 6. The Kier molecular flexibility index (Phi) is 12.0. The van der Waals surface area contributed by atoms with E-state index in [1.165, 1.54) is 82.6 Å². The molecule has 3 heterocycles. The van der Waals surface area contributed by atoms with E-state index in [4.69, 9.17) is 16.3 Å². The van der Waals surface area contributed by atoms with Crippen molar-refractivity contribution in [2.24, 2.45) is 0 Å². The van der Waals surface area contributed by atoms with Gasteiger partial charge in [0.15, 0.2) is 0 Å². The third-order valence-electron chi connectivity index (χ3n) is 9.54. The summed E-state index contributed by atoms with van der Waals surface area (Å²) in [6, 6.07) is 21.2. The van der Waals surface area contributed by atoms with E-state index in [1.807, 2.05) is 4.72 Å². The number of urea groups is 1. The van der Waals surface area contributed by atoms with Gasteiger partial charge in [-0.05, 0) is 103 Å². The summed E-state index contributed by atoms with van der Waals surface area (Å²) in [6.45, 7) is 4.71. The molecule has 0 radical (unpaired) electrons. The second kappa shape index (κ2) is 17.4. The number of tetrazole rings is 1. The second-order valence-corrected chi connectivity index (χ2v) is 17.2. The number of amides is 5. The largest absolute Gasteiger partial charge is 0.477 e. The number of piperazine rings is 1. The van der Waals surface area contributed by atoms with Crippen molar-refractivity contribution in [1.82, 2.24) is 34.4 Å². The third kappa shape index (κ3) is 9.63. The van der Waals surface area contributed by atoms with Gasteiger partial charge in [-0.1, -0.05) is 41.9 Å². The zero-order valence-corrected chi connectivity index (χ0v) is 35.1. The molecule has 7 rings (SSSR count). The molecule has 1 unspecified atom stereocenters. The molecule has 5 amide bonds. The zero-order chi connectivity index (χ0) is 45.2. The average molecular weight is 897 g/mol. The highest BCUT2D eigenvalue weighted by Crippen LogP contribution is 2.31. The fourth-order valence-electron chi connectivity index (χ4n) is 6.76. The van der Waals surface area contributed by atoms with Crippen molar-refractivity contribution in [2.45, 2.75) is 43.7 Å². The molecule has 20 nitrogen and oxygen atoms in total. The minimum Gasteiger partial charge on any atom is -0.477 e. The summed E-state index contributed by atoms with van der Waals surface area (Å²) in [7, 11) is -4.17. The van der Waals surface area contributed by atoms with Crippen molar-refractivity contribution in [3.8, 4) is 5.69 Å². The Morgan fingerprint density at radius 2 is 1.57 bits per heavy atom. The number of ether oxygens (including phenoxy) is 1. The number of carboxylic acid groups (broad SMARTS) is 1. The van der Waals surface area contributed by atoms with E-state index in [-0.39, 0.29) is 63.1 Å². The number of nitrogens with one attached hydrogen (secondary N) is 3. The van der Waals surface area contributed by atoms with Crippen LogP contribution >= 0.6 is 11.6 Å². The lowest BCUT2D eigenvalue weighted by Gasteiger charge is -2.38. The Labute approximate surface area is 363 Å². The predicted octanol–water partition coefficient (Wildman–Crippen LogP) is 4.69. The van der Waals surface area contributed by atoms with Crippen LogP contribution in [0.3, 0.4) is 0 Å². The zero-order valence-electron chi connectivity index (χ0n) is 33.6. The Morgan fingerprint density at radius 3 is 2.24 bits per heavy atom. The molecule has 1 saturated heterocycles. The molecule has 63 heavy (non-hydrogen) atoms. The number of halogens is 1. The monoisotopic (exact) mass is 896 g/mol. The molecular formula is C41H37ClN10O10S. The Bertz CT molecular complexity index is 2880. The molecule has 0 aliphatic carbocycles. The van der Waals surface area contributed by atoms with Crippen molar-refractivity contribution in [2.75, 3.05) is 28.6 Å². The summed E-state index contributed by atoms with van der Waals surface area (Å²) in [4.78, 5) is 82.5. The van der Waals surface area contributed by atoms with Crippen LogP contribution in [0.15, 0.2) is 108 Å². The number of aromatic nitrogens is 5. The molecular weight excluding hydrogens is 860 g/mol. The van der Waals surface area contributed by atoms with Gasteiger partial charge in [0.25, 0.3) is 10.0 Å². The fourth-order valence-corrected chi connectivity index (χ4v) is 7.86. The molecule has 4 aromatic carbocycles. The maximum atomic E-state index is 14.3. The number of rotatable bonds is 11. The van der Waals surface area contributed by atoms with Gasteiger partial charge in [0.2, 0.25) is 5.91 Å². The van der Waals surface area contributed by atoms with Crippen LogP contribution in [-0.4, -0.2) is 104 Å². The normalized spacial score (nSPS) is 13.7. The maximum Gasteiger partial charge on any atom is 0.419 e. The van der Waals surface area contributed by atoms with Crippen molar-refractivity contribution in [1.29, 1.82) is 0 Å². The van der Waals surface area contributed by atoms with Crippen LogP contribution in [0.4, 0.5) is 26.7 Å². The number of hydrogen-bond acceptors (Lipinski definition) is 12. The first kappa shape index (κ1) is 43.4. The molecule has 22 heteroatoms. The number of anilines is 3. The van der Waals surface area contributed by atoms with E-state index in [9.17, 15) is 42.3 Å². The minimum atomic E-state index is -4.17. The standard InChI is InChI=1S/C41H37ClN10O10S/c1-41(2,3)62-40(59)52-30-16-14-28(20-25(30)21-34(52)38(56)57)44-35(53)33(19-24-9-12-27(13-10-24)45-39(58)46-63(60,61)29-7-5-4-6-8-29)50-18-17-49(36(54)37(50)55)32-22-26(42)11-15-31(32)51-23-43-47-48-51/h4-16,20-23,33H,17-19H2,1-3H3,(H,44,53)(H,56,57)(H2,45,46,58). The van der Waals surface area contributed by atoms with Crippen LogP contribution in [0.25, 0.3) is 16.6 Å². The number of carboxylic acids is 1. The lowest BCUT2D eigenvalue weighted by Crippen LogP contribution is -2.60. The van der Waals surface area contributed by atoms with Crippen molar-refractivity contribution in [3.63, 3.8) is 0 Å². The smallest absolute Gasteiger partial charge is 0.419 e. The van der Waals surface area contributed by atoms with Gasteiger partial charge in [0, 0.05) is 41.3 Å². The number of hydrogen-bond donors (Lipinski definition) is 4. The van der Waals surface area contributed by atoms with E-state index in [0.29, 0.717) is 11.3 Å². The molecule has 1 aliphatic heterocycles. The van der Waals surface area contributed by atoms with Gasteiger partial charge < -0.3 is 30.3 Å². The number of carbonyl (C=O) groups excluding carboxylic acids is 5. The molecule has 0 saturated carbocycles. The van der Waals surface area contributed by atoms with Crippen LogP contribution in [0.1, 0.15) is 36.8 Å². The quantitative estimate of drug-likeness (QED) is 0.129. The van der Waals surface area contributed by atoms with E-state index in [1.54, 1.807) is 51.1 Å². The molecule has 324 valence electrons. The van der Waals surface area contributed by atoms with Crippen LogP contribution in [0.5, 0.6) is 0 Å². The number of fused-ring (bicyclic) bond motifs is 1. The SMILES string of the molecule is CC(C)(C)OC(=O)n1c(C(=O)O)cc2cc(NC(=O)C(Cc3ccc(NC(=O)NS(=O)(=O)c4ccccc4)cc3)N3CCN(c4cc(Cl)ccc4-n4cnnn4)C(=O)C3=O)ccc21. The summed E-state index contributed by atoms with van der Waals surface area (Å²) in [5, 5.41) is 26.9. The highest BCUT2D eigenvalue weighted by molar-refractivity contribution is 7.90. The van der Waals surface area contributed by atoms with E-state index < -0.39 is 57.5 Å². The molecule has 0 bridgehead atoms. The summed E-state index contributed by atoms with van der Waals surface area (Å²) < 4.78 is 34.9. The van der Waals surface area contributed by atoms with Gasteiger partial charge in [-0.25, -0.2) is 32.1 Å². The first-order chi connectivity index (χ1) is 29.9. The van der Waals surface area contributed by atoms with Crippen molar-refractivity contribution < 1.29 is 47.0 Å². The molecule has 1 atom stereocenters. The number of sulfonamides is 1. The molecule has 2 aromatic heterocycles. The van der Waals surface area contributed by atoms with Crippen LogP contribution < -0.4 is 20.3 Å². The molecule has 0 spiro atoms. The topological polar surface area (TPSA) is 257 Å². The molecule has 1 fully saturated rings. The molecule has 6 aromatic rings. The first-order valence-electron chi connectivity index (χ1n) is 18.9. The van der Waals surface area contributed by atoms with Crippen LogP contribution in [0.2, 0.25) is 5.02 Å². The summed E-state index contributed by atoms with van der Waals surface area (Å²) >= 11 is 6.31. The lowest BCUT2D eigenvalue weighted by atomic mass is 10.0. The van der Waals surface area contributed by atoms with E-state index in [2.05, 4.69) is 26.2 Å². The number of nitrogens with zero attached hydrogens (tertiary/aromatic N) is 7. The minimum absolute atomic E-state index is 0.0736. The van der Waals surface area contributed by atoms with Gasteiger partial charge >= 0.3 is 29.9 Å².